The first kappa shape index (κ1) is 18.4. The second-order valence-corrected chi connectivity index (χ2v) is 7.25. The lowest BCUT2D eigenvalue weighted by Gasteiger charge is -2.25. The lowest BCUT2D eigenvalue weighted by molar-refractivity contribution is 0.0502. The zero-order valence-electron chi connectivity index (χ0n) is 15.9. The van der Waals surface area contributed by atoms with Crippen molar-refractivity contribution in [3.63, 3.8) is 0 Å². The van der Waals surface area contributed by atoms with Crippen LogP contribution in [0, 0.1) is 6.92 Å². The summed E-state index contributed by atoms with van der Waals surface area (Å²) < 4.78 is 5.72. The molecule has 0 radical (unpaired) electrons. The summed E-state index contributed by atoms with van der Waals surface area (Å²) in [6.45, 7) is 3.39. The van der Waals surface area contributed by atoms with E-state index in [1.54, 1.807) is 29.3 Å². The Labute approximate surface area is 163 Å². The summed E-state index contributed by atoms with van der Waals surface area (Å²) in [5, 5.41) is 0.956. The molecule has 1 unspecified atom stereocenters. The van der Waals surface area contributed by atoms with Gasteiger partial charge in [-0.05, 0) is 55.5 Å². The number of H-pyrrole nitrogens is 1. The molecule has 1 N–H and O–H groups in total. The van der Waals surface area contributed by atoms with Gasteiger partial charge in [-0.15, -0.1) is 0 Å². The number of carbonyl (C=O) groups is 1. The minimum Gasteiger partial charge on any atom is -0.376 e. The van der Waals surface area contributed by atoms with Crippen LogP contribution >= 0.6 is 0 Å². The Kier molecular flexibility index (Phi) is 5.21. The zero-order chi connectivity index (χ0) is 19.5. The smallest absolute Gasteiger partial charge is 0.272 e. The predicted molar refractivity (Wildman–Crippen MR) is 107 cm³/mol. The van der Waals surface area contributed by atoms with Crippen LogP contribution in [0.25, 0.3) is 10.9 Å². The first-order valence-electron chi connectivity index (χ1n) is 9.54. The SMILES string of the molecule is Cc1ccc2[nH]c(=O)c(CN(CC3CCCO3)C(=O)c3ccccn3)cc2c1. The zero-order valence-corrected chi connectivity index (χ0v) is 15.9. The number of hydrogen-bond donors (Lipinski definition) is 1. The average Bonchev–Trinajstić information content (AvgIpc) is 3.21. The molecule has 144 valence electrons. The van der Waals surface area contributed by atoms with Gasteiger partial charge in [0.05, 0.1) is 12.6 Å². The summed E-state index contributed by atoms with van der Waals surface area (Å²) in [7, 11) is 0. The molecule has 0 bridgehead atoms. The molecular weight excluding hydrogens is 354 g/mol. The van der Waals surface area contributed by atoms with Gasteiger partial charge < -0.3 is 14.6 Å². The third-order valence-electron chi connectivity index (χ3n) is 5.06. The normalized spacial score (nSPS) is 16.4. The van der Waals surface area contributed by atoms with Gasteiger partial charge in [0.2, 0.25) is 0 Å². The summed E-state index contributed by atoms with van der Waals surface area (Å²) in [5.41, 5.74) is 2.66. The van der Waals surface area contributed by atoms with Crippen molar-refractivity contribution in [1.29, 1.82) is 0 Å². The number of rotatable bonds is 5. The van der Waals surface area contributed by atoms with Crippen LogP contribution in [0.5, 0.6) is 0 Å². The molecule has 2 aromatic heterocycles. The van der Waals surface area contributed by atoms with Crippen LogP contribution in [0.3, 0.4) is 0 Å². The minimum atomic E-state index is -0.195. The van der Waals surface area contributed by atoms with Crippen molar-refractivity contribution in [1.82, 2.24) is 14.9 Å². The van der Waals surface area contributed by atoms with Crippen LogP contribution in [0.1, 0.15) is 34.5 Å². The van der Waals surface area contributed by atoms with Crippen molar-refractivity contribution in [2.75, 3.05) is 13.2 Å². The predicted octanol–water partition coefficient (Wildman–Crippen LogP) is 3.05. The van der Waals surface area contributed by atoms with Crippen molar-refractivity contribution < 1.29 is 9.53 Å². The molecule has 1 atom stereocenters. The van der Waals surface area contributed by atoms with Crippen molar-refractivity contribution in [2.24, 2.45) is 0 Å². The highest BCUT2D eigenvalue weighted by molar-refractivity contribution is 5.92. The van der Waals surface area contributed by atoms with Crippen molar-refractivity contribution in [3.05, 3.63) is 75.8 Å². The third-order valence-corrected chi connectivity index (χ3v) is 5.06. The van der Waals surface area contributed by atoms with Gasteiger partial charge in [0.1, 0.15) is 5.69 Å². The molecule has 6 nitrogen and oxygen atoms in total. The third kappa shape index (κ3) is 3.97. The first-order chi connectivity index (χ1) is 13.6. The monoisotopic (exact) mass is 377 g/mol. The Morgan fingerprint density at radius 1 is 1.29 bits per heavy atom. The number of aromatic nitrogens is 2. The molecule has 3 aromatic rings. The second-order valence-electron chi connectivity index (χ2n) is 7.25. The Hall–Kier alpha value is -2.99. The van der Waals surface area contributed by atoms with E-state index >= 15 is 0 Å². The van der Waals surface area contributed by atoms with Crippen LogP contribution < -0.4 is 5.56 Å². The maximum Gasteiger partial charge on any atom is 0.272 e. The highest BCUT2D eigenvalue weighted by Gasteiger charge is 2.25. The number of aryl methyl sites for hydroxylation is 1. The summed E-state index contributed by atoms with van der Waals surface area (Å²) in [4.78, 5) is 34.4. The van der Waals surface area contributed by atoms with Crippen LogP contribution in [-0.4, -0.2) is 40.0 Å². The van der Waals surface area contributed by atoms with Gasteiger partial charge in [-0.1, -0.05) is 17.7 Å². The molecular formula is C22H23N3O3. The van der Waals surface area contributed by atoms with Gasteiger partial charge in [-0.3, -0.25) is 14.6 Å². The molecule has 0 spiro atoms. The molecule has 1 fully saturated rings. The quantitative estimate of drug-likeness (QED) is 0.742. The number of carbonyl (C=O) groups excluding carboxylic acids is 1. The molecule has 4 rings (SSSR count). The molecule has 1 aromatic carbocycles. The summed E-state index contributed by atoms with van der Waals surface area (Å²) in [6.07, 6.45) is 3.50. The topological polar surface area (TPSA) is 75.3 Å². The number of benzene rings is 1. The molecule has 28 heavy (non-hydrogen) atoms. The number of hydrogen-bond acceptors (Lipinski definition) is 4. The van der Waals surface area contributed by atoms with Gasteiger partial charge >= 0.3 is 0 Å². The number of amides is 1. The molecule has 0 saturated carbocycles. The first-order valence-corrected chi connectivity index (χ1v) is 9.54. The summed E-state index contributed by atoms with van der Waals surface area (Å²) in [5.74, 6) is -0.195. The van der Waals surface area contributed by atoms with Crippen molar-refractivity contribution in [3.8, 4) is 0 Å². The molecule has 1 aliphatic rings. The average molecular weight is 377 g/mol. The summed E-state index contributed by atoms with van der Waals surface area (Å²) >= 11 is 0. The lowest BCUT2D eigenvalue weighted by Crippen LogP contribution is -2.38. The molecule has 6 heteroatoms. The Bertz CT molecular complexity index is 1040. The number of nitrogens with one attached hydrogen (secondary N) is 1. The van der Waals surface area contributed by atoms with E-state index in [1.165, 1.54) is 0 Å². The fourth-order valence-corrected chi connectivity index (χ4v) is 3.60. The van der Waals surface area contributed by atoms with Crippen molar-refractivity contribution in [2.45, 2.75) is 32.4 Å². The van der Waals surface area contributed by atoms with Crippen LogP contribution in [0.15, 0.2) is 53.5 Å². The van der Waals surface area contributed by atoms with E-state index in [-0.39, 0.29) is 24.1 Å². The molecule has 3 heterocycles. The van der Waals surface area contributed by atoms with Gasteiger partial charge in [0.15, 0.2) is 0 Å². The van der Waals surface area contributed by atoms with Gasteiger partial charge in [0, 0.05) is 30.4 Å². The van der Waals surface area contributed by atoms with E-state index in [1.807, 2.05) is 31.2 Å². The van der Waals surface area contributed by atoms with E-state index in [0.29, 0.717) is 24.4 Å². The Balaban J connectivity index is 1.66. The lowest BCUT2D eigenvalue weighted by atomic mass is 10.1. The van der Waals surface area contributed by atoms with E-state index in [2.05, 4.69) is 9.97 Å². The van der Waals surface area contributed by atoms with Gasteiger partial charge in [-0.2, -0.15) is 0 Å². The fourth-order valence-electron chi connectivity index (χ4n) is 3.60. The molecule has 1 aliphatic heterocycles. The van der Waals surface area contributed by atoms with E-state index in [4.69, 9.17) is 4.74 Å². The van der Waals surface area contributed by atoms with Gasteiger partial charge in [0.25, 0.3) is 11.5 Å². The minimum absolute atomic E-state index is 0.00514. The maximum absolute atomic E-state index is 13.1. The number of pyridine rings is 2. The number of fused-ring (bicyclic) bond motifs is 1. The van der Waals surface area contributed by atoms with Crippen LogP contribution in [0.4, 0.5) is 0 Å². The highest BCUT2D eigenvalue weighted by Crippen LogP contribution is 2.18. The van der Waals surface area contributed by atoms with Gasteiger partial charge in [-0.25, -0.2) is 0 Å². The van der Waals surface area contributed by atoms with E-state index in [9.17, 15) is 9.59 Å². The standard InChI is InChI=1S/C22H23N3O3/c1-15-7-8-19-16(11-15)12-17(21(26)24-19)13-25(14-18-5-4-10-28-18)22(27)20-6-2-3-9-23-20/h2-3,6-9,11-12,18H,4-5,10,13-14H2,1H3,(H,24,26). The molecule has 1 saturated heterocycles. The Morgan fingerprint density at radius 2 is 2.18 bits per heavy atom. The van der Waals surface area contributed by atoms with E-state index < -0.39 is 0 Å². The highest BCUT2D eigenvalue weighted by atomic mass is 16.5. The molecule has 0 aliphatic carbocycles. The largest absolute Gasteiger partial charge is 0.376 e. The van der Waals surface area contributed by atoms with Crippen molar-refractivity contribution >= 4 is 16.8 Å². The number of nitrogens with zero attached hydrogens (tertiary/aromatic N) is 2. The number of aromatic amines is 1. The van der Waals surface area contributed by atoms with E-state index in [0.717, 1.165) is 29.3 Å². The Morgan fingerprint density at radius 3 is 2.93 bits per heavy atom. The fraction of sp³-hybridized carbons (Fsp3) is 0.318. The number of ether oxygens (including phenoxy) is 1. The summed E-state index contributed by atoms with van der Waals surface area (Å²) in [6, 6.07) is 13.0. The maximum atomic E-state index is 13.1. The second kappa shape index (κ2) is 7.94. The molecule has 1 amide bonds. The van der Waals surface area contributed by atoms with Crippen LogP contribution in [0.2, 0.25) is 0 Å². The van der Waals surface area contributed by atoms with Crippen LogP contribution in [-0.2, 0) is 11.3 Å².